The van der Waals surface area contributed by atoms with Crippen LogP contribution in [0.15, 0.2) is 18.2 Å². The highest BCUT2D eigenvalue weighted by Crippen LogP contribution is 2.17. The zero-order valence-electron chi connectivity index (χ0n) is 11.1. The molecule has 1 aromatic rings. The summed E-state index contributed by atoms with van der Waals surface area (Å²) >= 11 is 1.97. The monoisotopic (exact) mass is 252 g/mol. The van der Waals surface area contributed by atoms with Gasteiger partial charge >= 0.3 is 0 Å². The molecule has 96 valence electrons. The fourth-order valence-corrected chi connectivity index (χ4v) is 2.91. The minimum atomic E-state index is 0.367. The third kappa shape index (κ3) is 4.70. The first-order chi connectivity index (χ1) is 8.19. The number of hydrogen-bond donors (Lipinski definition) is 2. The van der Waals surface area contributed by atoms with E-state index >= 15 is 0 Å². The first-order valence-electron chi connectivity index (χ1n) is 6.28. The molecule has 0 aliphatic carbocycles. The highest BCUT2D eigenvalue weighted by Gasteiger charge is 2.11. The van der Waals surface area contributed by atoms with Gasteiger partial charge in [0.15, 0.2) is 0 Å². The van der Waals surface area contributed by atoms with Gasteiger partial charge in [-0.25, -0.2) is 0 Å². The van der Waals surface area contributed by atoms with Crippen LogP contribution in [0.1, 0.15) is 30.0 Å². The summed E-state index contributed by atoms with van der Waals surface area (Å²) in [4.78, 5) is 0. The summed E-state index contributed by atoms with van der Waals surface area (Å²) in [5.41, 5.74) is 7.11. The molecule has 1 rings (SSSR count). The van der Waals surface area contributed by atoms with Gasteiger partial charge in [0, 0.05) is 11.8 Å². The van der Waals surface area contributed by atoms with E-state index in [0.29, 0.717) is 6.04 Å². The molecular weight excluding hydrogens is 228 g/mol. The number of nitrogens with two attached hydrogens (primary N) is 1. The molecule has 0 fully saturated rings. The van der Waals surface area contributed by atoms with E-state index in [1.807, 2.05) is 11.8 Å². The minimum Gasteiger partial charge on any atom is -0.271 e. The molecule has 0 bridgehead atoms. The molecule has 1 unspecified atom stereocenters. The van der Waals surface area contributed by atoms with E-state index in [0.717, 1.165) is 12.2 Å². The van der Waals surface area contributed by atoms with Crippen LogP contribution in [0.5, 0.6) is 0 Å². The third-order valence-electron chi connectivity index (χ3n) is 3.00. The Labute approximate surface area is 109 Å². The number of thioether (sulfide) groups is 1. The van der Waals surface area contributed by atoms with Crippen LogP contribution in [-0.2, 0) is 6.42 Å². The number of rotatable bonds is 7. The lowest BCUT2D eigenvalue weighted by Gasteiger charge is -2.18. The Morgan fingerprint density at radius 1 is 1.29 bits per heavy atom. The molecule has 0 aromatic heterocycles. The van der Waals surface area contributed by atoms with Gasteiger partial charge in [-0.2, -0.15) is 11.8 Å². The molecule has 0 saturated heterocycles. The van der Waals surface area contributed by atoms with Crippen LogP contribution in [-0.4, -0.2) is 17.5 Å². The summed E-state index contributed by atoms with van der Waals surface area (Å²) in [7, 11) is 0. The Balaban J connectivity index is 2.60. The maximum absolute atomic E-state index is 5.64. The molecule has 1 aromatic carbocycles. The molecule has 0 spiro atoms. The van der Waals surface area contributed by atoms with E-state index in [2.05, 4.69) is 44.4 Å². The topological polar surface area (TPSA) is 38.0 Å². The van der Waals surface area contributed by atoms with Crippen molar-refractivity contribution in [3.05, 3.63) is 34.9 Å². The second kappa shape index (κ2) is 7.75. The Hall–Kier alpha value is -0.510. The average molecular weight is 252 g/mol. The van der Waals surface area contributed by atoms with E-state index in [9.17, 15) is 0 Å². The molecule has 1 atom stereocenters. The predicted molar refractivity (Wildman–Crippen MR) is 78.3 cm³/mol. The second-order valence-corrected chi connectivity index (χ2v) is 5.66. The lowest BCUT2D eigenvalue weighted by Crippen LogP contribution is -2.39. The third-order valence-corrected chi connectivity index (χ3v) is 4.33. The Morgan fingerprint density at radius 3 is 2.47 bits per heavy atom. The van der Waals surface area contributed by atoms with Crippen molar-refractivity contribution in [1.29, 1.82) is 0 Å². The van der Waals surface area contributed by atoms with Gasteiger partial charge < -0.3 is 0 Å². The van der Waals surface area contributed by atoms with E-state index in [4.69, 9.17) is 5.84 Å². The smallest absolute Gasteiger partial charge is 0.0341 e. The zero-order valence-corrected chi connectivity index (χ0v) is 11.9. The van der Waals surface area contributed by atoms with Gasteiger partial charge in [-0.3, -0.25) is 11.3 Å². The van der Waals surface area contributed by atoms with Gasteiger partial charge in [0.2, 0.25) is 0 Å². The predicted octanol–water partition coefficient (Wildman–Crippen LogP) is 2.82. The standard InChI is InChI=1S/C14H24N2S/c1-4-8-17-10-13(16-15)9-14-11(2)6-5-7-12(14)3/h5-7,13,16H,4,8-10,15H2,1-3H3. The Morgan fingerprint density at radius 2 is 1.94 bits per heavy atom. The van der Waals surface area contributed by atoms with Crippen LogP contribution in [0.2, 0.25) is 0 Å². The van der Waals surface area contributed by atoms with Crippen LogP contribution in [0.4, 0.5) is 0 Å². The SMILES string of the molecule is CCCSCC(Cc1c(C)cccc1C)NN. The fraction of sp³-hybridized carbons (Fsp3) is 0.571. The number of nitrogens with one attached hydrogen (secondary N) is 1. The van der Waals surface area contributed by atoms with Crippen LogP contribution >= 0.6 is 11.8 Å². The summed E-state index contributed by atoms with van der Waals surface area (Å²) in [5.74, 6) is 7.93. The maximum Gasteiger partial charge on any atom is 0.0341 e. The molecule has 0 radical (unpaired) electrons. The number of hydrazine groups is 1. The van der Waals surface area contributed by atoms with Crippen molar-refractivity contribution >= 4 is 11.8 Å². The highest BCUT2D eigenvalue weighted by atomic mass is 32.2. The highest BCUT2D eigenvalue weighted by molar-refractivity contribution is 7.99. The number of benzene rings is 1. The van der Waals surface area contributed by atoms with Crippen molar-refractivity contribution in [2.24, 2.45) is 5.84 Å². The van der Waals surface area contributed by atoms with Gasteiger partial charge in [-0.1, -0.05) is 25.1 Å². The largest absolute Gasteiger partial charge is 0.271 e. The molecule has 0 amide bonds. The van der Waals surface area contributed by atoms with E-state index in [1.54, 1.807) is 0 Å². The van der Waals surface area contributed by atoms with E-state index < -0.39 is 0 Å². The summed E-state index contributed by atoms with van der Waals surface area (Å²) in [5, 5.41) is 0. The molecule has 0 aliphatic heterocycles. The van der Waals surface area contributed by atoms with Gasteiger partial charge in [0.05, 0.1) is 0 Å². The molecule has 3 heteroatoms. The summed E-state index contributed by atoms with van der Waals surface area (Å²) in [6, 6.07) is 6.83. The van der Waals surface area contributed by atoms with Gasteiger partial charge in [0.1, 0.15) is 0 Å². The minimum absolute atomic E-state index is 0.367. The molecular formula is C14H24N2S. The van der Waals surface area contributed by atoms with Gasteiger partial charge in [0.25, 0.3) is 0 Å². The quantitative estimate of drug-likeness (QED) is 0.445. The zero-order chi connectivity index (χ0) is 12.7. The van der Waals surface area contributed by atoms with Crippen LogP contribution < -0.4 is 11.3 Å². The lowest BCUT2D eigenvalue weighted by molar-refractivity contribution is 0.573. The first kappa shape index (κ1) is 14.6. The summed E-state index contributed by atoms with van der Waals surface area (Å²) in [6.07, 6.45) is 2.25. The number of hydrogen-bond acceptors (Lipinski definition) is 3. The van der Waals surface area contributed by atoms with Crippen molar-refractivity contribution in [1.82, 2.24) is 5.43 Å². The molecule has 2 nitrogen and oxygen atoms in total. The van der Waals surface area contributed by atoms with Crippen molar-refractivity contribution in [2.75, 3.05) is 11.5 Å². The van der Waals surface area contributed by atoms with Crippen molar-refractivity contribution in [2.45, 2.75) is 39.7 Å². The molecule has 0 heterocycles. The number of aryl methyl sites for hydroxylation is 2. The van der Waals surface area contributed by atoms with Crippen molar-refractivity contribution < 1.29 is 0 Å². The van der Waals surface area contributed by atoms with Gasteiger partial charge in [-0.05, 0) is 49.1 Å². The normalized spacial score (nSPS) is 12.7. The maximum atomic E-state index is 5.64. The molecule has 0 aliphatic rings. The summed E-state index contributed by atoms with van der Waals surface area (Å²) in [6.45, 7) is 6.56. The molecule has 3 N–H and O–H groups in total. The molecule has 0 saturated carbocycles. The Bertz CT molecular complexity index is 319. The average Bonchev–Trinajstić information content (AvgIpc) is 2.32. The van der Waals surface area contributed by atoms with Crippen LogP contribution in [0.3, 0.4) is 0 Å². The summed E-state index contributed by atoms with van der Waals surface area (Å²) < 4.78 is 0. The van der Waals surface area contributed by atoms with Crippen LogP contribution in [0, 0.1) is 13.8 Å². The van der Waals surface area contributed by atoms with E-state index in [-0.39, 0.29) is 0 Å². The fourth-order valence-electron chi connectivity index (χ4n) is 1.95. The second-order valence-electron chi connectivity index (χ2n) is 4.51. The lowest BCUT2D eigenvalue weighted by atomic mass is 9.97. The van der Waals surface area contributed by atoms with Crippen LogP contribution in [0.25, 0.3) is 0 Å². The van der Waals surface area contributed by atoms with Crippen molar-refractivity contribution in [3.8, 4) is 0 Å². The Kier molecular flexibility index (Phi) is 6.63. The van der Waals surface area contributed by atoms with E-state index in [1.165, 1.54) is 28.9 Å². The van der Waals surface area contributed by atoms with Gasteiger partial charge in [-0.15, -0.1) is 0 Å². The molecule has 17 heavy (non-hydrogen) atoms. The first-order valence-corrected chi connectivity index (χ1v) is 7.43. The van der Waals surface area contributed by atoms with Crippen molar-refractivity contribution in [3.63, 3.8) is 0 Å².